The number of H-pyrrole nitrogens is 2. The Labute approximate surface area is 167 Å². The molecular formula is C19H15BrN6O2. The molecule has 0 bridgehead atoms. The normalized spacial score (nSPS) is 10.8. The van der Waals surface area contributed by atoms with Gasteiger partial charge in [-0.15, -0.1) is 0 Å². The van der Waals surface area contributed by atoms with Gasteiger partial charge in [0.2, 0.25) is 5.95 Å². The second kappa shape index (κ2) is 7.28. The summed E-state index contributed by atoms with van der Waals surface area (Å²) in [6.45, 7) is 1.88. The SMILES string of the molecule is Cc1ccc(Br)cc1NC(=O)c1nc[nH]c1C(=O)Nc1nc2ccccc2[nH]1. The highest BCUT2D eigenvalue weighted by Crippen LogP contribution is 2.21. The summed E-state index contributed by atoms with van der Waals surface area (Å²) in [4.78, 5) is 39.3. The standard InChI is InChI=1S/C19H15BrN6O2/c1-10-6-7-11(20)8-14(10)23-17(27)15-16(22-9-21-15)18(28)26-19-24-12-4-2-3-5-13(12)25-19/h2-9H,1H3,(H,21,22)(H,23,27)(H2,24,25,26,28). The van der Waals surface area contributed by atoms with E-state index in [1.165, 1.54) is 6.33 Å². The van der Waals surface area contributed by atoms with Crippen molar-refractivity contribution in [2.24, 2.45) is 0 Å². The number of nitrogens with zero attached hydrogens (tertiary/aromatic N) is 2. The first-order chi connectivity index (χ1) is 13.5. The summed E-state index contributed by atoms with van der Waals surface area (Å²) in [5.41, 5.74) is 3.08. The van der Waals surface area contributed by atoms with Crippen LogP contribution in [0.15, 0.2) is 53.3 Å². The zero-order chi connectivity index (χ0) is 19.7. The van der Waals surface area contributed by atoms with Crippen molar-refractivity contribution < 1.29 is 9.59 Å². The summed E-state index contributed by atoms with van der Waals surface area (Å²) in [5.74, 6) is -0.722. The second-order valence-electron chi connectivity index (χ2n) is 6.10. The fourth-order valence-electron chi connectivity index (χ4n) is 2.73. The molecule has 0 unspecified atom stereocenters. The monoisotopic (exact) mass is 438 g/mol. The van der Waals surface area contributed by atoms with Crippen molar-refractivity contribution >= 4 is 50.4 Å². The molecule has 4 rings (SSSR count). The Balaban J connectivity index is 1.55. The van der Waals surface area contributed by atoms with Gasteiger partial charge in [0, 0.05) is 10.2 Å². The van der Waals surface area contributed by atoms with Gasteiger partial charge in [0.25, 0.3) is 11.8 Å². The third kappa shape index (κ3) is 3.52. The molecule has 4 N–H and O–H groups in total. The highest BCUT2D eigenvalue weighted by atomic mass is 79.9. The van der Waals surface area contributed by atoms with Crippen LogP contribution in [0.25, 0.3) is 11.0 Å². The molecule has 9 heteroatoms. The number of amides is 2. The maximum absolute atomic E-state index is 12.6. The number of fused-ring (bicyclic) bond motifs is 1. The number of rotatable bonds is 4. The van der Waals surface area contributed by atoms with Crippen LogP contribution in [0.2, 0.25) is 0 Å². The van der Waals surface area contributed by atoms with Crippen molar-refractivity contribution in [1.82, 2.24) is 19.9 Å². The van der Waals surface area contributed by atoms with Crippen molar-refractivity contribution in [1.29, 1.82) is 0 Å². The molecule has 0 spiro atoms. The van der Waals surface area contributed by atoms with Crippen molar-refractivity contribution in [2.45, 2.75) is 6.92 Å². The third-order valence-corrected chi connectivity index (χ3v) is 4.64. The Morgan fingerprint density at radius 3 is 2.71 bits per heavy atom. The molecule has 2 amide bonds. The van der Waals surface area contributed by atoms with E-state index in [-0.39, 0.29) is 17.3 Å². The van der Waals surface area contributed by atoms with E-state index in [0.717, 1.165) is 21.1 Å². The number of hydrogen-bond acceptors (Lipinski definition) is 4. The van der Waals surface area contributed by atoms with Crippen LogP contribution in [0.1, 0.15) is 26.5 Å². The van der Waals surface area contributed by atoms with Crippen LogP contribution >= 0.6 is 15.9 Å². The van der Waals surface area contributed by atoms with Gasteiger partial charge >= 0.3 is 0 Å². The van der Waals surface area contributed by atoms with Crippen LogP contribution < -0.4 is 10.6 Å². The minimum atomic E-state index is -0.521. The summed E-state index contributed by atoms with van der Waals surface area (Å²) in [5, 5.41) is 5.43. The number of aromatic amines is 2. The fraction of sp³-hybridized carbons (Fsp3) is 0.0526. The Hall–Kier alpha value is -3.46. The molecule has 0 aliphatic rings. The number of nitrogens with one attached hydrogen (secondary N) is 4. The van der Waals surface area contributed by atoms with Crippen molar-refractivity contribution in [3.63, 3.8) is 0 Å². The van der Waals surface area contributed by atoms with Crippen LogP contribution in [-0.4, -0.2) is 31.8 Å². The second-order valence-corrected chi connectivity index (χ2v) is 7.01. The highest BCUT2D eigenvalue weighted by Gasteiger charge is 2.22. The topological polar surface area (TPSA) is 116 Å². The molecule has 0 fully saturated rings. The molecule has 0 radical (unpaired) electrons. The first kappa shape index (κ1) is 17.9. The summed E-state index contributed by atoms with van der Waals surface area (Å²) >= 11 is 3.38. The Bertz CT molecular complexity index is 1160. The molecule has 8 nitrogen and oxygen atoms in total. The molecule has 0 saturated heterocycles. The number of carbonyl (C=O) groups is 2. The summed E-state index contributed by atoms with van der Waals surface area (Å²) in [6.07, 6.45) is 1.30. The molecule has 0 atom stereocenters. The predicted octanol–water partition coefficient (Wildman–Crippen LogP) is 3.86. The van der Waals surface area contributed by atoms with Gasteiger partial charge in [-0.2, -0.15) is 0 Å². The minimum absolute atomic E-state index is 0.00649. The molecule has 0 aliphatic heterocycles. The Morgan fingerprint density at radius 1 is 1.07 bits per heavy atom. The average Bonchev–Trinajstić information content (AvgIpc) is 3.31. The van der Waals surface area contributed by atoms with Gasteiger partial charge in [0.1, 0.15) is 5.69 Å². The number of aryl methyl sites for hydroxylation is 1. The lowest BCUT2D eigenvalue weighted by Crippen LogP contribution is -2.21. The molecule has 2 heterocycles. The molecule has 28 heavy (non-hydrogen) atoms. The van der Waals surface area contributed by atoms with Crippen LogP contribution in [0.4, 0.5) is 11.6 Å². The van der Waals surface area contributed by atoms with Crippen LogP contribution in [0.3, 0.4) is 0 Å². The van der Waals surface area contributed by atoms with Crippen molar-refractivity contribution in [3.8, 4) is 0 Å². The Kier molecular flexibility index (Phi) is 4.66. The zero-order valence-electron chi connectivity index (χ0n) is 14.7. The highest BCUT2D eigenvalue weighted by molar-refractivity contribution is 9.10. The summed E-state index contributed by atoms with van der Waals surface area (Å²) < 4.78 is 0.832. The molecule has 0 aliphatic carbocycles. The van der Waals surface area contributed by atoms with Crippen molar-refractivity contribution in [2.75, 3.05) is 10.6 Å². The third-order valence-electron chi connectivity index (χ3n) is 4.15. The lowest BCUT2D eigenvalue weighted by atomic mass is 10.2. The maximum Gasteiger partial charge on any atom is 0.276 e. The molecular weight excluding hydrogens is 424 g/mol. The lowest BCUT2D eigenvalue weighted by Gasteiger charge is -2.08. The predicted molar refractivity (Wildman–Crippen MR) is 109 cm³/mol. The largest absolute Gasteiger partial charge is 0.340 e. The van der Waals surface area contributed by atoms with E-state index in [2.05, 4.69) is 46.5 Å². The number of halogens is 1. The average molecular weight is 439 g/mol. The first-order valence-corrected chi connectivity index (χ1v) is 9.17. The van der Waals surface area contributed by atoms with E-state index in [1.54, 1.807) is 6.07 Å². The van der Waals surface area contributed by atoms with Crippen LogP contribution in [0, 0.1) is 6.92 Å². The summed E-state index contributed by atoms with van der Waals surface area (Å²) in [7, 11) is 0. The van der Waals surface area contributed by atoms with E-state index >= 15 is 0 Å². The van der Waals surface area contributed by atoms with Gasteiger partial charge in [-0.1, -0.05) is 34.1 Å². The van der Waals surface area contributed by atoms with Crippen molar-refractivity contribution in [3.05, 3.63) is 70.2 Å². The number of carbonyl (C=O) groups excluding carboxylic acids is 2. The smallest absolute Gasteiger partial charge is 0.276 e. The van der Waals surface area contributed by atoms with Gasteiger partial charge in [0.15, 0.2) is 5.69 Å². The van der Waals surface area contributed by atoms with Crippen LogP contribution in [-0.2, 0) is 0 Å². The molecule has 2 aromatic heterocycles. The van der Waals surface area contributed by atoms with Gasteiger partial charge < -0.3 is 15.3 Å². The number of para-hydroxylation sites is 2. The van der Waals surface area contributed by atoms with Gasteiger partial charge in [-0.05, 0) is 36.8 Å². The van der Waals surface area contributed by atoms with E-state index in [1.807, 2.05) is 43.3 Å². The minimum Gasteiger partial charge on any atom is -0.340 e. The van der Waals surface area contributed by atoms with Crippen LogP contribution in [0.5, 0.6) is 0 Å². The Morgan fingerprint density at radius 2 is 1.89 bits per heavy atom. The van der Waals surface area contributed by atoms with E-state index in [9.17, 15) is 9.59 Å². The fourth-order valence-corrected chi connectivity index (χ4v) is 3.09. The summed E-state index contributed by atoms with van der Waals surface area (Å²) in [6, 6.07) is 13.0. The lowest BCUT2D eigenvalue weighted by molar-refractivity contribution is 0.0985. The van der Waals surface area contributed by atoms with E-state index in [4.69, 9.17) is 0 Å². The quantitative estimate of drug-likeness (QED) is 0.387. The number of benzene rings is 2. The molecule has 2 aromatic carbocycles. The maximum atomic E-state index is 12.6. The zero-order valence-corrected chi connectivity index (χ0v) is 16.3. The van der Waals surface area contributed by atoms with Gasteiger partial charge in [-0.25, -0.2) is 9.97 Å². The number of hydrogen-bond donors (Lipinski definition) is 4. The van der Waals surface area contributed by atoms with Gasteiger partial charge in [0.05, 0.1) is 17.4 Å². The number of aromatic nitrogens is 4. The van der Waals surface area contributed by atoms with E-state index in [0.29, 0.717) is 5.69 Å². The number of anilines is 2. The molecule has 140 valence electrons. The number of imidazole rings is 2. The molecule has 4 aromatic rings. The van der Waals surface area contributed by atoms with E-state index < -0.39 is 11.8 Å². The van der Waals surface area contributed by atoms with Gasteiger partial charge in [-0.3, -0.25) is 14.9 Å². The molecule has 0 saturated carbocycles. The first-order valence-electron chi connectivity index (χ1n) is 8.38.